The second-order valence-electron chi connectivity index (χ2n) is 10.5. The van der Waals surface area contributed by atoms with Crippen molar-refractivity contribution in [3.8, 4) is 0 Å². The van der Waals surface area contributed by atoms with Gasteiger partial charge in [0, 0.05) is 0 Å². The van der Waals surface area contributed by atoms with Crippen LogP contribution in [0, 0.1) is 23.7 Å². The first-order valence-corrected chi connectivity index (χ1v) is 12.9. The van der Waals surface area contributed by atoms with Crippen molar-refractivity contribution in [3.63, 3.8) is 0 Å². The molecule has 3 aliphatic carbocycles. The third-order valence-corrected chi connectivity index (χ3v) is 8.29. The van der Waals surface area contributed by atoms with Crippen molar-refractivity contribution in [1.29, 1.82) is 0 Å². The van der Waals surface area contributed by atoms with Crippen LogP contribution in [0.2, 0.25) is 0 Å². The Morgan fingerprint density at radius 1 is 0.462 bits per heavy atom. The molecule has 1 atom stereocenters. The molecule has 0 aromatic heterocycles. The van der Waals surface area contributed by atoms with Crippen LogP contribution in [0.1, 0.15) is 141 Å². The summed E-state index contributed by atoms with van der Waals surface area (Å²) in [6.07, 6.45) is 33.9. The van der Waals surface area contributed by atoms with Crippen molar-refractivity contribution < 1.29 is 0 Å². The van der Waals surface area contributed by atoms with Gasteiger partial charge in [-0.3, -0.25) is 0 Å². The normalized spacial score (nSPS) is 24.0. The first-order chi connectivity index (χ1) is 12.9. The minimum Gasteiger partial charge on any atom is -0.0533 e. The zero-order valence-corrected chi connectivity index (χ0v) is 17.9. The predicted octanol–water partition coefficient (Wildman–Crippen LogP) is 9.07. The van der Waals surface area contributed by atoms with Crippen molar-refractivity contribution in [2.45, 2.75) is 141 Å². The Balaban J connectivity index is 1.26. The fourth-order valence-corrected chi connectivity index (χ4v) is 6.60. The maximum Gasteiger partial charge on any atom is -0.0412 e. The molecule has 0 aromatic rings. The molecule has 0 bridgehead atoms. The van der Waals surface area contributed by atoms with Crippen LogP contribution in [0.4, 0.5) is 0 Å². The first kappa shape index (κ1) is 20.7. The summed E-state index contributed by atoms with van der Waals surface area (Å²) in [7, 11) is 0. The van der Waals surface area contributed by atoms with E-state index in [4.69, 9.17) is 0 Å². The van der Waals surface area contributed by atoms with Crippen molar-refractivity contribution >= 4 is 0 Å². The van der Waals surface area contributed by atoms with E-state index in [0.29, 0.717) is 0 Å². The van der Waals surface area contributed by atoms with E-state index < -0.39 is 0 Å². The molecule has 3 aliphatic rings. The lowest BCUT2D eigenvalue weighted by molar-refractivity contribution is 0.313. The van der Waals surface area contributed by atoms with Crippen molar-refractivity contribution in [1.82, 2.24) is 0 Å². The van der Waals surface area contributed by atoms with E-state index in [2.05, 4.69) is 0 Å². The lowest BCUT2D eigenvalue weighted by Gasteiger charge is -2.21. The lowest BCUT2D eigenvalue weighted by Crippen LogP contribution is -2.07. The molecule has 0 N–H and O–H groups in total. The lowest BCUT2D eigenvalue weighted by atomic mass is 9.85. The zero-order valence-electron chi connectivity index (χ0n) is 17.9. The molecule has 0 nitrogen and oxygen atoms in total. The predicted molar refractivity (Wildman–Crippen MR) is 116 cm³/mol. The Kier molecular flexibility index (Phi) is 9.93. The molecule has 152 valence electrons. The first-order valence-electron chi connectivity index (χ1n) is 12.9. The van der Waals surface area contributed by atoms with Gasteiger partial charge in [-0.1, -0.05) is 135 Å². The molecular formula is C26H48. The topological polar surface area (TPSA) is 0 Å². The van der Waals surface area contributed by atoms with Crippen LogP contribution in [0.3, 0.4) is 0 Å². The second-order valence-corrected chi connectivity index (χ2v) is 10.5. The minimum atomic E-state index is 1.08. The molecule has 0 amide bonds. The molecule has 0 aliphatic heterocycles. The van der Waals surface area contributed by atoms with Crippen LogP contribution in [0.15, 0.2) is 0 Å². The molecule has 0 heterocycles. The summed E-state index contributed by atoms with van der Waals surface area (Å²) in [5.41, 5.74) is 0. The molecule has 0 heteroatoms. The Hall–Kier alpha value is 0. The van der Waals surface area contributed by atoms with E-state index >= 15 is 0 Å². The number of rotatable bonds is 13. The van der Waals surface area contributed by atoms with Crippen molar-refractivity contribution in [3.05, 3.63) is 0 Å². The molecule has 0 aromatic carbocycles. The van der Waals surface area contributed by atoms with E-state index in [1.165, 1.54) is 70.6 Å². The summed E-state index contributed by atoms with van der Waals surface area (Å²) >= 11 is 0. The third-order valence-electron chi connectivity index (χ3n) is 8.29. The average Bonchev–Trinajstić information content (AvgIpc) is 3.41. The molecule has 3 fully saturated rings. The van der Waals surface area contributed by atoms with Gasteiger partial charge in [0.05, 0.1) is 0 Å². The van der Waals surface area contributed by atoms with Crippen molar-refractivity contribution in [2.24, 2.45) is 23.7 Å². The van der Waals surface area contributed by atoms with Gasteiger partial charge in [-0.05, 0) is 30.1 Å². The Bertz CT molecular complexity index is 328. The highest BCUT2D eigenvalue weighted by Crippen LogP contribution is 2.35. The molecule has 0 radical (unpaired) electrons. The van der Waals surface area contributed by atoms with Crippen LogP contribution in [0.25, 0.3) is 0 Å². The van der Waals surface area contributed by atoms with Gasteiger partial charge in [-0.25, -0.2) is 0 Å². The van der Waals surface area contributed by atoms with Crippen LogP contribution >= 0.6 is 0 Å². The van der Waals surface area contributed by atoms with Crippen LogP contribution in [0.5, 0.6) is 0 Å². The zero-order chi connectivity index (χ0) is 17.9. The van der Waals surface area contributed by atoms with E-state index in [0.717, 1.165) is 23.7 Å². The smallest absolute Gasteiger partial charge is 0.0412 e. The maximum absolute atomic E-state index is 1.59. The summed E-state index contributed by atoms with van der Waals surface area (Å²) in [6.45, 7) is 0. The molecule has 1 unspecified atom stereocenters. The Morgan fingerprint density at radius 3 is 1.42 bits per heavy atom. The van der Waals surface area contributed by atoms with E-state index in [9.17, 15) is 0 Å². The number of unbranched alkanes of at least 4 members (excludes halogenated alkanes) is 3. The largest absolute Gasteiger partial charge is 0.0533 e. The van der Waals surface area contributed by atoms with Gasteiger partial charge >= 0.3 is 0 Å². The second kappa shape index (κ2) is 12.5. The van der Waals surface area contributed by atoms with Gasteiger partial charge in [0.2, 0.25) is 0 Å². The van der Waals surface area contributed by atoms with Gasteiger partial charge in [0.1, 0.15) is 0 Å². The van der Waals surface area contributed by atoms with Gasteiger partial charge in [-0.2, -0.15) is 0 Å². The summed E-state index contributed by atoms with van der Waals surface area (Å²) < 4.78 is 0. The van der Waals surface area contributed by atoms with Crippen LogP contribution in [-0.4, -0.2) is 0 Å². The summed E-state index contributed by atoms with van der Waals surface area (Å²) in [6, 6.07) is 0. The van der Waals surface area contributed by atoms with Gasteiger partial charge < -0.3 is 0 Å². The minimum absolute atomic E-state index is 1.08. The quantitative estimate of drug-likeness (QED) is 0.287. The van der Waals surface area contributed by atoms with E-state index in [-0.39, 0.29) is 0 Å². The van der Waals surface area contributed by atoms with Crippen LogP contribution < -0.4 is 0 Å². The number of hydrogen-bond acceptors (Lipinski definition) is 0. The average molecular weight is 361 g/mol. The number of hydrogen-bond donors (Lipinski definition) is 0. The third kappa shape index (κ3) is 7.93. The Labute approximate surface area is 165 Å². The molecule has 3 saturated carbocycles. The molecule has 26 heavy (non-hydrogen) atoms. The summed E-state index contributed by atoms with van der Waals surface area (Å²) in [5.74, 6) is 4.40. The Morgan fingerprint density at radius 2 is 0.885 bits per heavy atom. The highest BCUT2D eigenvalue weighted by molar-refractivity contribution is 4.73. The summed E-state index contributed by atoms with van der Waals surface area (Å²) in [4.78, 5) is 0. The molecular weight excluding hydrogens is 312 g/mol. The van der Waals surface area contributed by atoms with E-state index in [1.54, 1.807) is 70.6 Å². The van der Waals surface area contributed by atoms with E-state index in [1.807, 2.05) is 0 Å². The summed E-state index contributed by atoms with van der Waals surface area (Å²) in [5, 5.41) is 0. The maximum atomic E-state index is 1.59. The fraction of sp³-hybridized carbons (Fsp3) is 1.00. The molecule has 0 saturated heterocycles. The van der Waals surface area contributed by atoms with Crippen molar-refractivity contribution in [2.75, 3.05) is 0 Å². The highest BCUT2D eigenvalue weighted by atomic mass is 14.3. The molecule has 0 spiro atoms. The van der Waals surface area contributed by atoms with Gasteiger partial charge in [0.25, 0.3) is 0 Å². The van der Waals surface area contributed by atoms with Gasteiger partial charge in [0.15, 0.2) is 0 Å². The SMILES string of the molecule is C(CCC1CCCC1)CCC(CCCCC1CCCC1)CC1CCCC1. The molecule has 3 rings (SSSR count). The fourth-order valence-electron chi connectivity index (χ4n) is 6.60. The van der Waals surface area contributed by atoms with Crippen LogP contribution in [-0.2, 0) is 0 Å². The monoisotopic (exact) mass is 360 g/mol. The van der Waals surface area contributed by atoms with Gasteiger partial charge in [-0.15, -0.1) is 0 Å². The highest BCUT2D eigenvalue weighted by Gasteiger charge is 2.21. The standard InChI is InChI=1S/C26H48/c1(2-12-23-13-4-5-14-23)3-18-25(22-26-20-10-11-21-26)19-9-8-17-24-15-6-7-16-24/h23-26H,1-22H2.